The molecule has 0 unspecified atom stereocenters. The fourth-order valence-corrected chi connectivity index (χ4v) is 1.67. The Bertz CT molecular complexity index is 521. The van der Waals surface area contributed by atoms with E-state index in [1.54, 1.807) is 0 Å². The highest BCUT2D eigenvalue weighted by atomic mass is 32.2. The van der Waals surface area contributed by atoms with Crippen molar-refractivity contribution in [3.05, 3.63) is 39.9 Å². The molecule has 1 rings (SSSR count). The molecule has 0 aliphatic carbocycles. The van der Waals surface area contributed by atoms with Gasteiger partial charge in [0.05, 0.1) is 4.92 Å². The minimum Gasteiger partial charge on any atom is -0.258 e. The van der Waals surface area contributed by atoms with Gasteiger partial charge in [-0.25, -0.2) is 13.4 Å². The largest absolute Gasteiger partial charge is 0.290 e. The molecular weight excluding hydrogens is 220 g/mol. The standard InChI is InChI=1S/C8H8N2O4S/c1-3-15(13,14)8-4-6(2)7(5-9-8)10(11)12/h3-5H,1H2,2H3. The molecular formula is C8H8N2O4S. The van der Waals surface area contributed by atoms with E-state index < -0.39 is 14.8 Å². The number of aryl methyl sites for hydroxylation is 1. The topological polar surface area (TPSA) is 90.2 Å². The molecule has 1 heterocycles. The number of rotatable bonds is 3. The van der Waals surface area contributed by atoms with Gasteiger partial charge in [0, 0.05) is 11.0 Å². The zero-order valence-corrected chi connectivity index (χ0v) is 8.69. The summed E-state index contributed by atoms with van der Waals surface area (Å²) >= 11 is 0. The summed E-state index contributed by atoms with van der Waals surface area (Å²) in [6, 6.07) is 1.15. The SMILES string of the molecule is C=CS(=O)(=O)c1cc(C)c([N+](=O)[O-])cn1. The van der Waals surface area contributed by atoms with Gasteiger partial charge in [0.1, 0.15) is 6.20 Å². The summed E-state index contributed by atoms with van der Waals surface area (Å²) in [5.41, 5.74) is 0.0356. The quantitative estimate of drug-likeness (QED) is 0.573. The van der Waals surface area contributed by atoms with E-state index in [-0.39, 0.29) is 16.3 Å². The summed E-state index contributed by atoms with van der Waals surface area (Å²) in [5, 5.41) is 11.0. The number of hydrogen-bond acceptors (Lipinski definition) is 5. The van der Waals surface area contributed by atoms with E-state index in [4.69, 9.17) is 0 Å². The smallest absolute Gasteiger partial charge is 0.258 e. The first-order chi connectivity index (χ1) is 6.88. The maximum atomic E-state index is 11.3. The average Bonchev–Trinajstić information content (AvgIpc) is 2.17. The fraction of sp³-hybridized carbons (Fsp3) is 0.125. The summed E-state index contributed by atoms with van der Waals surface area (Å²) in [4.78, 5) is 13.3. The van der Waals surface area contributed by atoms with Crippen molar-refractivity contribution in [1.29, 1.82) is 0 Å². The first-order valence-electron chi connectivity index (χ1n) is 3.87. The van der Waals surface area contributed by atoms with E-state index in [1.165, 1.54) is 6.92 Å². The van der Waals surface area contributed by atoms with E-state index in [0.29, 0.717) is 0 Å². The van der Waals surface area contributed by atoms with Gasteiger partial charge in [0.2, 0.25) is 9.84 Å². The van der Waals surface area contributed by atoms with Crippen LogP contribution in [0.2, 0.25) is 0 Å². The highest BCUT2D eigenvalue weighted by molar-refractivity contribution is 7.94. The van der Waals surface area contributed by atoms with Crippen LogP contribution in [0.15, 0.2) is 29.3 Å². The van der Waals surface area contributed by atoms with Crippen molar-refractivity contribution in [3.8, 4) is 0 Å². The van der Waals surface area contributed by atoms with Gasteiger partial charge >= 0.3 is 0 Å². The average molecular weight is 228 g/mol. The zero-order valence-electron chi connectivity index (χ0n) is 7.87. The predicted molar refractivity (Wildman–Crippen MR) is 53.0 cm³/mol. The molecule has 0 aliphatic rings. The summed E-state index contributed by atoms with van der Waals surface area (Å²) in [6.45, 7) is 4.58. The summed E-state index contributed by atoms with van der Waals surface area (Å²) < 4.78 is 22.6. The van der Waals surface area contributed by atoms with Crippen molar-refractivity contribution in [2.75, 3.05) is 0 Å². The monoisotopic (exact) mass is 228 g/mol. The number of nitrogens with zero attached hydrogens (tertiary/aromatic N) is 2. The Morgan fingerprint density at radius 3 is 2.60 bits per heavy atom. The second-order valence-corrected chi connectivity index (χ2v) is 4.62. The Kier molecular flexibility index (Phi) is 2.85. The molecule has 0 saturated heterocycles. The van der Waals surface area contributed by atoms with E-state index in [2.05, 4.69) is 11.6 Å². The van der Waals surface area contributed by atoms with Crippen molar-refractivity contribution in [2.24, 2.45) is 0 Å². The first-order valence-corrected chi connectivity index (χ1v) is 5.41. The second kappa shape index (κ2) is 3.77. The van der Waals surface area contributed by atoms with Gasteiger partial charge in [-0.1, -0.05) is 6.58 Å². The van der Waals surface area contributed by atoms with Crippen LogP contribution in [0.3, 0.4) is 0 Å². The number of pyridine rings is 1. The van der Waals surface area contributed by atoms with Crippen LogP contribution in [0, 0.1) is 17.0 Å². The molecule has 0 aliphatic heterocycles. The molecule has 0 atom stereocenters. The number of sulfone groups is 1. The van der Waals surface area contributed by atoms with Crippen LogP contribution in [-0.2, 0) is 9.84 Å². The van der Waals surface area contributed by atoms with E-state index in [0.717, 1.165) is 17.7 Å². The van der Waals surface area contributed by atoms with Gasteiger partial charge in [-0.3, -0.25) is 10.1 Å². The molecule has 0 bridgehead atoms. The number of nitro groups is 1. The van der Waals surface area contributed by atoms with Crippen molar-refractivity contribution in [1.82, 2.24) is 4.98 Å². The van der Waals surface area contributed by atoms with Crippen molar-refractivity contribution >= 4 is 15.5 Å². The molecule has 15 heavy (non-hydrogen) atoms. The third kappa shape index (κ3) is 2.18. The van der Waals surface area contributed by atoms with Gasteiger partial charge in [-0.2, -0.15) is 0 Å². The van der Waals surface area contributed by atoms with E-state index >= 15 is 0 Å². The van der Waals surface area contributed by atoms with Gasteiger partial charge in [-0.15, -0.1) is 0 Å². The predicted octanol–water partition coefficient (Wildman–Crippen LogP) is 1.22. The summed E-state index contributed by atoms with van der Waals surface area (Å²) in [6.07, 6.45) is 0.922. The fourth-order valence-electron chi connectivity index (χ4n) is 0.955. The third-order valence-electron chi connectivity index (χ3n) is 1.77. The van der Waals surface area contributed by atoms with Crippen molar-refractivity contribution in [3.63, 3.8) is 0 Å². The molecule has 0 aromatic carbocycles. The van der Waals surface area contributed by atoms with Crippen LogP contribution in [0.5, 0.6) is 0 Å². The van der Waals surface area contributed by atoms with Crippen LogP contribution in [0.1, 0.15) is 5.56 Å². The van der Waals surface area contributed by atoms with Gasteiger partial charge < -0.3 is 0 Å². The maximum absolute atomic E-state index is 11.3. The second-order valence-electron chi connectivity index (χ2n) is 2.78. The Labute approximate surface area is 86.3 Å². The Morgan fingerprint density at radius 1 is 1.60 bits per heavy atom. The lowest BCUT2D eigenvalue weighted by Crippen LogP contribution is -2.01. The lowest BCUT2D eigenvalue weighted by molar-refractivity contribution is -0.385. The number of hydrogen-bond donors (Lipinski definition) is 0. The van der Waals surface area contributed by atoms with Crippen LogP contribution in [0.25, 0.3) is 0 Å². The molecule has 0 saturated carbocycles. The molecule has 0 fully saturated rings. The zero-order chi connectivity index (χ0) is 11.6. The lowest BCUT2D eigenvalue weighted by Gasteiger charge is -2.00. The molecule has 1 aromatic heterocycles. The van der Waals surface area contributed by atoms with Gasteiger partial charge in [-0.05, 0) is 13.0 Å². The minimum atomic E-state index is -3.63. The van der Waals surface area contributed by atoms with Gasteiger partial charge in [0.25, 0.3) is 5.69 Å². The molecule has 7 heteroatoms. The molecule has 6 nitrogen and oxygen atoms in total. The minimum absolute atomic E-state index is 0.210. The van der Waals surface area contributed by atoms with Crippen LogP contribution < -0.4 is 0 Å². The molecule has 0 radical (unpaired) electrons. The number of aromatic nitrogens is 1. The molecule has 0 N–H and O–H groups in total. The van der Waals surface area contributed by atoms with Gasteiger partial charge in [0.15, 0.2) is 5.03 Å². The Balaban J connectivity index is 3.36. The Hall–Kier alpha value is -1.76. The first kappa shape index (κ1) is 11.3. The highest BCUT2D eigenvalue weighted by Crippen LogP contribution is 2.19. The molecule has 1 aromatic rings. The van der Waals surface area contributed by atoms with Crippen molar-refractivity contribution < 1.29 is 13.3 Å². The normalized spacial score (nSPS) is 11.0. The van der Waals surface area contributed by atoms with E-state index in [9.17, 15) is 18.5 Å². The summed E-state index contributed by atoms with van der Waals surface area (Å²) in [7, 11) is -3.63. The molecule has 0 spiro atoms. The van der Waals surface area contributed by atoms with Crippen molar-refractivity contribution in [2.45, 2.75) is 11.9 Å². The van der Waals surface area contributed by atoms with E-state index in [1.807, 2.05) is 0 Å². The molecule has 80 valence electrons. The lowest BCUT2D eigenvalue weighted by atomic mass is 10.3. The highest BCUT2D eigenvalue weighted by Gasteiger charge is 2.17. The van der Waals surface area contributed by atoms with Crippen LogP contribution >= 0.6 is 0 Å². The summed E-state index contributed by atoms with van der Waals surface area (Å²) in [5.74, 6) is 0. The molecule has 0 amide bonds. The van der Waals surface area contributed by atoms with Crippen LogP contribution in [0.4, 0.5) is 5.69 Å². The maximum Gasteiger partial charge on any atom is 0.290 e. The van der Waals surface area contributed by atoms with Crippen LogP contribution in [-0.4, -0.2) is 18.3 Å². The Morgan fingerprint density at radius 2 is 2.20 bits per heavy atom. The third-order valence-corrected chi connectivity index (χ3v) is 3.01.